The number of hydrogen-bond donors (Lipinski definition) is 0. The topological polar surface area (TPSA) is 60.9 Å². The number of halogens is 1. The van der Waals surface area contributed by atoms with Gasteiger partial charge in [0.15, 0.2) is 16.8 Å². The minimum absolute atomic E-state index is 0.0131. The van der Waals surface area contributed by atoms with Crippen LogP contribution in [-0.2, 0) is 6.54 Å². The molecule has 1 aromatic carbocycles. The lowest BCUT2D eigenvalue weighted by Gasteiger charge is -2.11. The van der Waals surface area contributed by atoms with Crippen molar-refractivity contribution in [1.82, 2.24) is 14.8 Å². The summed E-state index contributed by atoms with van der Waals surface area (Å²) in [5, 5.41) is 9.53. The van der Waals surface area contributed by atoms with Gasteiger partial charge in [0.1, 0.15) is 5.76 Å². The van der Waals surface area contributed by atoms with Crippen molar-refractivity contribution < 1.29 is 9.21 Å². The van der Waals surface area contributed by atoms with Crippen LogP contribution in [0.15, 0.2) is 46.2 Å². The van der Waals surface area contributed by atoms with E-state index in [9.17, 15) is 4.79 Å². The van der Waals surface area contributed by atoms with Crippen molar-refractivity contribution in [3.8, 4) is 11.4 Å². The lowest BCUT2D eigenvalue weighted by molar-refractivity contribution is 0.0994. The van der Waals surface area contributed by atoms with E-state index >= 15 is 0 Å². The monoisotopic (exact) mass is 375 g/mol. The van der Waals surface area contributed by atoms with E-state index in [0.717, 1.165) is 17.1 Å². The highest BCUT2D eigenvalue weighted by molar-refractivity contribution is 8.00. The van der Waals surface area contributed by atoms with E-state index in [1.807, 2.05) is 31.4 Å². The fourth-order valence-electron chi connectivity index (χ4n) is 2.57. The van der Waals surface area contributed by atoms with Crippen LogP contribution in [0.1, 0.15) is 30.0 Å². The van der Waals surface area contributed by atoms with Gasteiger partial charge < -0.3 is 8.98 Å². The molecule has 0 amide bonds. The van der Waals surface area contributed by atoms with Gasteiger partial charge in [-0.2, -0.15) is 0 Å². The zero-order chi connectivity index (χ0) is 18.0. The van der Waals surface area contributed by atoms with Gasteiger partial charge in [-0.05, 0) is 39.0 Å². The molecular formula is C18H18ClN3O2S. The zero-order valence-electron chi connectivity index (χ0n) is 14.2. The molecule has 130 valence electrons. The molecule has 0 aliphatic carbocycles. The Hall–Kier alpha value is -2.05. The molecule has 1 unspecified atom stereocenters. The highest BCUT2D eigenvalue weighted by atomic mass is 35.5. The van der Waals surface area contributed by atoms with Gasteiger partial charge in [-0.25, -0.2) is 0 Å². The van der Waals surface area contributed by atoms with E-state index in [4.69, 9.17) is 16.0 Å². The summed E-state index contributed by atoms with van der Waals surface area (Å²) in [4.78, 5) is 12.6. The van der Waals surface area contributed by atoms with Crippen molar-refractivity contribution in [3.05, 3.63) is 52.9 Å². The summed E-state index contributed by atoms with van der Waals surface area (Å²) in [6.45, 7) is 6.48. The molecule has 3 aromatic rings. The Morgan fingerprint density at radius 2 is 2.16 bits per heavy atom. The van der Waals surface area contributed by atoms with E-state index in [2.05, 4.69) is 10.2 Å². The number of thioether (sulfide) groups is 1. The van der Waals surface area contributed by atoms with Crippen LogP contribution in [0, 0.1) is 6.92 Å². The Balaban J connectivity index is 1.84. The molecule has 7 heteroatoms. The summed E-state index contributed by atoms with van der Waals surface area (Å²) < 4.78 is 7.35. The maximum atomic E-state index is 12.6. The molecule has 2 heterocycles. The van der Waals surface area contributed by atoms with Gasteiger partial charge in [0.05, 0.1) is 17.1 Å². The van der Waals surface area contributed by atoms with Crippen LogP contribution in [0.3, 0.4) is 0 Å². The van der Waals surface area contributed by atoms with Gasteiger partial charge >= 0.3 is 0 Å². The van der Waals surface area contributed by atoms with Gasteiger partial charge in [-0.15, -0.1) is 10.2 Å². The number of hydrogen-bond acceptors (Lipinski definition) is 5. The van der Waals surface area contributed by atoms with Crippen LogP contribution in [0.4, 0.5) is 0 Å². The highest BCUT2D eigenvalue weighted by Crippen LogP contribution is 2.30. The molecule has 1 atom stereocenters. The van der Waals surface area contributed by atoms with Crippen molar-refractivity contribution in [3.63, 3.8) is 0 Å². The van der Waals surface area contributed by atoms with Gasteiger partial charge in [-0.3, -0.25) is 4.79 Å². The second kappa shape index (κ2) is 7.45. The number of carbonyl (C=O) groups excluding carboxylic acids is 1. The number of rotatable bonds is 6. The van der Waals surface area contributed by atoms with Crippen LogP contribution in [0.25, 0.3) is 11.4 Å². The number of aryl methyl sites for hydroxylation is 1. The predicted molar refractivity (Wildman–Crippen MR) is 99.2 cm³/mol. The lowest BCUT2D eigenvalue weighted by Crippen LogP contribution is -2.14. The average Bonchev–Trinajstić information content (AvgIpc) is 3.19. The third-order valence-electron chi connectivity index (χ3n) is 3.89. The number of nitrogens with zero attached hydrogens (tertiary/aromatic N) is 3. The molecular weight excluding hydrogens is 358 g/mol. The Labute approximate surface area is 155 Å². The lowest BCUT2D eigenvalue weighted by atomic mass is 10.1. The van der Waals surface area contributed by atoms with Gasteiger partial charge in [-0.1, -0.05) is 35.5 Å². The molecule has 0 saturated carbocycles. The number of benzene rings is 1. The summed E-state index contributed by atoms with van der Waals surface area (Å²) in [6, 6.07) is 8.87. The molecule has 0 aliphatic heterocycles. The van der Waals surface area contributed by atoms with Crippen LogP contribution < -0.4 is 0 Å². The summed E-state index contributed by atoms with van der Waals surface area (Å²) >= 11 is 7.38. The second-order valence-electron chi connectivity index (χ2n) is 5.58. The Morgan fingerprint density at radius 1 is 1.36 bits per heavy atom. The first-order chi connectivity index (χ1) is 12.0. The van der Waals surface area contributed by atoms with Gasteiger partial charge in [0, 0.05) is 17.1 Å². The van der Waals surface area contributed by atoms with E-state index < -0.39 is 0 Å². The van der Waals surface area contributed by atoms with Crippen molar-refractivity contribution in [1.29, 1.82) is 0 Å². The normalized spacial score (nSPS) is 12.3. The van der Waals surface area contributed by atoms with E-state index in [1.54, 1.807) is 30.5 Å². The summed E-state index contributed by atoms with van der Waals surface area (Å²) in [6.07, 6.45) is 1.64. The number of Topliss-reactive ketones (excluding diaryl/α,β-unsaturated/α-hetero) is 1. The van der Waals surface area contributed by atoms with Crippen LogP contribution >= 0.6 is 23.4 Å². The molecule has 3 rings (SSSR count). The van der Waals surface area contributed by atoms with Crippen molar-refractivity contribution in [2.75, 3.05) is 0 Å². The average molecular weight is 376 g/mol. The summed E-state index contributed by atoms with van der Waals surface area (Å²) in [5.74, 6) is 1.56. The fourth-order valence-corrected chi connectivity index (χ4v) is 3.75. The van der Waals surface area contributed by atoms with Crippen LogP contribution in [-0.4, -0.2) is 25.8 Å². The Bertz CT molecular complexity index is 903. The quantitative estimate of drug-likeness (QED) is 0.453. The molecule has 5 nitrogen and oxygen atoms in total. The van der Waals surface area contributed by atoms with Crippen molar-refractivity contribution >= 4 is 29.1 Å². The van der Waals surface area contributed by atoms with Crippen LogP contribution in [0.5, 0.6) is 0 Å². The molecule has 0 bridgehead atoms. The second-order valence-corrected chi connectivity index (χ2v) is 7.32. The maximum Gasteiger partial charge on any atom is 0.192 e. The molecule has 0 aliphatic rings. The number of furan rings is 1. The number of ketones is 1. The van der Waals surface area contributed by atoms with Gasteiger partial charge in [0.25, 0.3) is 0 Å². The third kappa shape index (κ3) is 3.65. The molecule has 0 N–H and O–H groups in total. The Kier molecular flexibility index (Phi) is 5.30. The number of carbonyl (C=O) groups is 1. The van der Waals surface area contributed by atoms with Gasteiger partial charge in [0.2, 0.25) is 0 Å². The minimum atomic E-state index is -0.300. The molecule has 2 aromatic heterocycles. The maximum absolute atomic E-state index is 12.6. The molecule has 0 saturated heterocycles. The fraction of sp³-hybridized carbons (Fsp3) is 0.278. The molecule has 0 spiro atoms. The third-order valence-corrected chi connectivity index (χ3v) is 5.21. The van der Waals surface area contributed by atoms with Crippen molar-refractivity contribution in [2.45, 2.75) is 37.7 Å². The molecule has 0 fully saturated rings. The SMILES string of the molecule is CCn1c(SC(C)C(=O)c2cccc(Cl)c2)nnc1-c1ccoc1C. The first-order valence-electron chi connectivity index (χ1n) is 7.95. The van der Waals surface area contributed by atoms with Crippen molar-refractivity contribution in [2.24, 2.45) is 0 Å². The minimum Gasteiger partial charge on any atom is -0.469 e. The largest absolute Gasteiger partial charge is 0.469 e. The van der Waals surface area contributed by atoms with Crippen LogP contribution in [0.2, 0.25) is 5.02 Å². The molecule has 25 heavy (non-hydrogen) atoms. The highest BCUT2D eigenvalue weighted by Gasteiger charge is 2.22. The van der Waals surface area contributed by atoms with E-state index in [-0.39, 0.29) is 11.0 Å². The standard InChI is InChI=1S/C18H18ClN3O2S/c1-4-22-17(15-8-9-24-11(15)2)20-21-18(22)25-12(3)16(23)13-6-5-7-14(19)10-13/h5-10,12H,4H2,1-3H3. The zero-order valence-corrected chi connectivity index (χ0v) is 15.8. The van der Waals surface area contributed by atoms with E-state index in [0.29, 0.717) is 22.3 Å². The summed E-state index contributed by atoms with van der Waals surface area (Å²) in [7, 11) is 0. The number of aromatic nitrogens is 3. The van der Waals surface area contributed by atoms with E-state index in [1.165, 1.54) is 11.8 Å². The smallest absolute Gasteiger partial charge is 0.192 e. The summed E-state index contributed by atoms with van der Waals surface area (Å²) in [5.41, 5.74) is 1.51. The first kappa shape index (κ1) is 17.8. The first-order valence-corrected chi connectivity index (χ1v) is 9.21. The molecule has 0 radical (unpaired) electrons. The predicted octanol–water partition coefficient (Wildman–Crippen LogP) is 4.88. The Morgan fingerprint density at radius 3 is 2.80 bits per heavy atom.